The largest absolute Gasteiger partial charge is 0.381 e. The molecule has 2 nitrogen and oxygen atoms in total. The van der Waals surface area contributed by atoms with E-state index in [-0.39, 0.29) is 5.54 Å². The molecule has 2 fully saturated rings. The number of nitrogens with two attached hydrogens (primary N) is 1. The molecule has 104 valence electrons. The second kappa shape index (κ2) is 5.64. The fourth-order valence-corrected chi connectivity index (χ4v) is 3.82. The second-order valence-electron chi connectivity index (χ2n) is 6.33. The summed E-state index contributed by atoms with van der Waals surface area (Å²) in [6, 6.07) is 10.9. The fraction of sp³-hybridized carbons (Fsp3) is 0.647. The summed E-state index contributed by atoms with van der Waals surface area (Å²) >= 11 is 0. The molecule has 2 N–H and O–H groups in total. The molecule has 2 heteroatoms. The zero-order chi connectivity index (χ0) is 13.1. The highest BCUT2D eigenvalue weighted by atomic mass is 16.5. The van der Waals surface area contributed by atoms with Gasteiger partial charge in [0.15, 0.2) is 0 Å². The van der Waals surface area contributed by atoms with Gasteiger partial charge in [-0.05, 0) is 50.0 Å². The first kappa shape index (κ1) is 13.1. The van der Waals surface area contributed by atoms with Gasteiger partial charge in [-0.15, -0.1) is 0 Å². The summed E-state index contributed by atoms with van der Waals surface area (Å²) in [5.41, 5.74) is 8.22. The van der Waals surface area contributed by atoms with Crippen LogP contribution < -0.4 is 5.73 Å². The average Bonchev–Trinajstić information content (AvgIpc) is 2.50. The molecule has 1 saturated carbocycles. The van der Waals surface area contributed by atoms with Crippen LogP contribution in [0, 0.1) is 5.92 Å². The molecule has 1 aliphatic carbocycles. The van der Waals surface area contributed by atoms with Crippen LogP contribution in [0.3, 0.4) is 0 Å². The molecule has 1 atom stereocenters. The summed E-state index contributed by atoms with van der Waals surface area (Å²) < 4.78 is 5.63. The van der Waals surface area contributed by atoms with Crippen molar-refractivity contribution in [3.05, 3.63) is 35.9 Å². The molecule has 0 bridgehead atoms. The molecule has 2 aliphatic rings. The minimum atomic E-state index is 0.0334. The van der Waals surface area contributed by atoms with Crippen molar-refractivity contribution in [3.8, 4) is 0 Å². The summed E-state index contributed by atoms with van der Waals surface area (Å²) in [4.78, 5) is 0. The molecule has 1 aromatic carbocycles. The third kappa shape index (κ3) is 2.85. The van der Waals surface area contributed by atoms with Crippen LogP contribution in [0.5, 0.6) is 0 Å². The first-order chi connectivity index (χ1) is 9.28. The number of benzene rings is 1. The predicted octanol–water partition coefficient (Wildman–Crippen LogP) is 3.47. The fourth-order valence-electron chi connectivity index (χ4n) is 3.82. The van der Waals surface area contributed by atoms with Crippen molar-refractivity contribution in [3.63, 3.8) is 0 Å². The maximum Gasteiger partial charge on any atom is 0.0511 e. The molecular formula is C17H25NO. The number of ether oxygens (including phenoxy) is 1. The van der Waals surface area contributed by atoms with Crippen molar-refractivity contribution in [1.82, 2.24) is 0 Å². The van der Waals surface area contributed by atoms with Crippen LogP contribution in [0.1, 0.15) is 50.0 Å². The van der Waals surface area contributed by atoms with E-state index in [0.29, 0.717) is 11.8 Å². The van der Waals surface area contributed by atoms with E-state index in [4.69, 9.17) is 10.5 Å². The van der Waals surface area contributed by atoms with Gasteiger partial charge in [-0.1, -0.05) is 30.3 Å². The molecule has 1 aromatic rings. The van der Waals surface area contributed by atoms with Crippen molar-refractivity contribution >= 4 is 0 Å². The van der Waals surface area contributed by atoms with Crippen LogP contribution >= 0.6 is 0 Å². The molecular weight excluding hydrogens is 234 g/mol. The zero-order valence-electron chi connectivity index (χ0n) is 11.7. The Bertz CT molecular complexity index is 389. The molecule has 3 rings (SSSR count). The minimum absolute atomic E-state index is 0.0334. The van der Waals surface area contributed by atoms with E-state index in [1.54, 1.807) is 0 Å². The molecule has 0 aromatic heterocycles. The molecule has 1 aliphatic heterocycles. The summed E-state index contributed by atoms with van der Waals surface area (Å²) in [7, 11) is 0. The van der Waals surface area contributed by atoms with Gasteiger partial charge < -0.3 is 10.5 Å². The smallest absolute Gasteiger partial charge is 0.0511 e. The Morgan fingerprint density at radius 2 is 1.79 bits per heavy atom. The van der Waals surface area contributed by atoms with E-state index in [2.05, 4.69) is 30.3 Å². The van der Waals surface area contributed by atoms with Crippen molar-refractivity contribution in [2.45, 2.75) is 50.0 Å². The Hall–Kier alpha value is -0.860. The summed E-state index contributed by atoms with van der Waals surface area (Å²) in [6.07, 6.45) is 7.22. The summed E-state index contributed by atoms with van der Waals surface area (Å²) in [5.74, 6) is 1.29. The van der Waals surface area contributed by atoms with E-state index >= 15 is 0 Å². The average molecular weight is 259 g/mol. The Labute approximate surface area is 116 Å². The lowest BCUT2D eigenvalue weighted by molar-refractivity contribution is 0.00918. The molecule has 0 radical (unpaired) electrons. The Balaban J connectivity index is 1.62. The standard InChI is InChI=1S/C17H25NO/c18-17(16-7-4-12-19-13-16)10-8-15(9-11-17)14-5-2-1-3-6-14/h1-3,5-6,15-16H,4,7-13,18H2. The van der Waals surface area contributed by atoms with Gasteiger partial charge in [0.1, 0.15) is 0 Å². The van der Waals surface area contributed by atoms with E-state index in [1.807, 2.05) is 0 Å². The number of rotatable bonds is 2. The zero-order valence-corrected chi connectivity index (χ0v) is 11.7. The lowest BCUT2D eigenvalue weighted by atomic mass is 9.67. The topological polar surface area (TPSA) is 35.2 Å². The predicted molar refractivity (Wildman–Crippen MR) is 78.1 cm³/mol. The van der Waals surface area contributed by atoms with Gasteiger partial charge >= 0.3 is 0 Å². The van der Waals surface area contributed by atoms with E-state index in [1.165, 1.54) is 31.2 Å². The number of hydrogen-bond donors (Lipinski definition) is 1. The van der Waals surface area contributed by atoms with Crippen LogP contribution in [0.2, 0.25) is 0 Å². The molecule has 1 saturated heterocycles. The van der Waals surface area contributed by atoms with Crippen molar-refractivity contribution < 1.29 is 4.74 Å². The van der Waals surface area contributed by atoms with Gasteiger partial charge in [-0.3, -0.25) is 0 Å². The van der Waals surface area contributed by atoms with E-state index in [0.717, 1.165) is 26.1 Å². The van der Waals surface area contributed by atoms with Gasteiger partial charge in [-0.25, -0.2) is 0 Å². The van der Waals surface area contributed by atoms with Gasteiger partial charge in [0.25, 0.3) is 0 Å². The van der Waals surface area contributed by atoms with Gasteiger partial charge in [-0.2, -0.15) is 0 Å². The molecule has 19 heavy (non-hydrogen) atoms. The van der Waals surface area contributed by atoms with Crippen molar-refractivity contribution in [2.24, 2.45) is 11.7 Å². The maximum absolute atomic E-state index is 6.69. The van der Waals surface area contributed by atoms with Crippen LogP contribution in [0.4, 0.5) is 0 Å². The first-order valence-electron chi connectivity index (χ1n) is 7.69. The SMILES string of the molecule is NC1(C2CCCOC2)CCC(c2ccccc2)CC1. The lowest BCUT2D eigenvalue weighted by Crippen LogP contribution is -2.52. The highest BCUT2D eigenvalue weighted by Gasteiger charge is 2.39. The molecule has 1 unspecified atom stereocenters. The van der Waals surface area contributed by atoms with E-state index < -0.39 is 0 Å². The second-order valence-corrected chi connectivity index (χ2v) is 6.33. The molecule has 0 spiro atoms. The van der Waals surface area contributed by atoms with Crippen LogP contribution in [0.15, 0.2) is 30.3 Å². The van der Waals surface area contributed by atoms with Gasteiger partial charge in [0.05, 0.1) is 6.61 Å². The van der Waals surface area contributed by atoms with Crippen molar-refractivity contribution in [2.75, 3.05) is 13.2 Å². The maximum atomic E-state index is 6.69. The van der Waals surface area contributed by atoms with Crippen molar-refractivity contribution in [1.29, 1.82) is 0 Å². The Kier molecular flexibility index (Phi) is 3.90. The molecule has 1 heterocycles. The van der Waals surface area contributed by atoms with Gasteiger partial charge in [0.2, 0.25) is 0 Å². The summed E-state index contributed by atoms with van der Waals surface area (Å²) in [5, 5.41) is 0. The highest BCUT2D eigenvalue weighted by Crippen LogP contribution is 2.42. The molecule has 0 amide bonds. The van der Waals surface area contributed by atoms with Crippen LogP contribution in [-0.2, 0) is 4.74 Å². The van der Waals surface area contributed by atoms with Crippen LogP contribution in [0.25, 0.3) is 0 Å². The number of hydrogen-bond acceptors (Lipinski definition) is 2. The monoisotopic (exact) mass is 259 g/mol. The highest BCUT2D eigenvalue weighted by molar-refractivity contribution is 5.20. The van der Waals surface area contributed by atoms with Crippen LogP contribution in [-0.4, -0.2) is 18.8 Å². The minimum Gasteiger partial charge on any atom is -0.381 e. The Morgan fingerprint density at radius 1 is 1.05 bits per heavy atom. The van der Waals surface area contributed by atoms with E-state index in [9.17, 15) is 0 Å². The normalized spacial score (nSPS) is 36.1. The third-order valence-corrected chi connectivity index (χ3v) is 5.16. The van der Waals surface area contributed by atoms with Gasteiger partial charge in [0, 0.05) is 18.1 Å². The lowest BCUT2D eigenvalue weighted by Gasteiger charge is -2.44. The quantitative estimate of drug-likeness (QED) is 0.882. The summed E-state index contributed by atoms with van der Waals surface area (Å²) in [6.45, 7) is 1.81. The first-order valence-corrected chi connectivity index (χ1v) is 7.69. The Morgan fingerprint density at radius 3 is 2.42 bits per heavy atom. The third-order valence-electron chi connectivity index (χ3n) is 5.16.